The average Bonchev–Trinajstić information content (AvgIpc) is 2.37. The second kappa shape index (κ2) is 8.49. The van der Waals surface area contributed by atoms with E-state index in [1.807, 2.05) is 13.1 Å². The maximum absolute atomic E-state index is 13.1. The Labute approximate surface area is 115 Å². The monoisotopic (exact) mass is 271 g/mol. The number of benzene rings is 1. The topological polar surface area (TPSA) is 12.0 Å². The van der Waals surface area contributed by atoms with Crippen molar-refractivity contribution >= 4 is 11.6 Å². The van der Waals surface area contributed by atoms with Crippen LogP contribution >= 0.6 is 11.6 Å². The van der Waals surface area contributed by atoms with Gasteiger partial charge in [-0.15, -0.1) is 0 Å². The molecule has 0 saturated heterocycles. The van der Waals surface area contributed by atoms with Crippen molar-refractivity contribution in [2.75, 3.05) is 7.05 Å². The molecule has 0 bridgehead atoms. The molecule has 0 heterocycles. The van der Waals surface area contributed by atoms with Crippen molar-refractivity contribution in [2.24, 2.45) is 0 Å². The van der Waals surface area contributed by atoms with E-state index in [1.54, 1.807) is 6.07 Å². The summed E-state index contributed by atoms with van der Waals surface area (Å²) in [4.78, 5) is 0. The van der Waals surface area contributed by atoms with Crippen molar-refractivity contribution in [1.82, 2.24) is 5.32 Å². The highest BCUT2D eigenvalue weighted by Gasteiger charge is 2.10. The summed E-state index contributed by atoms with van der Waals surface area (Å²) in [6, 6.07) is 5.25. The van der Waals surface area contributed by atoms with Gasteiger partial charge in [0.25, 0.3) is 0 Å². The van der Waals surface area contributed by atoms with Gasteiger partial charge in [0, 0.05) is 6.04 Å². The van der Waals surface area contributed by atoms with Crippen molar-refractivity contribution in [3.63, 3.8) is 0 Å². The molecule has 0 spiro atoms. The third kappa shape index (κ3) is 4.95. The van der Waals surface area contributed by atoms with Crippen molar-refractivity contribution in [3.05, 3.63) is 34.6 Å². The summed E-state index contributed by atoms with van der Waals surface area (Å²) in [5.41, 5.74) is 1.07. The molecule has 0 radical (unpaired) electrons. The first-order chi connectivity index (χ1) is 8.69. The standard InChI is InChI=1S/C15H23ClFN/c1-3-4-5-6-7-8-15(18-2)12-9-10-14(17)13(16)11-12/h9-11,15,18H,3-8H2,1-2H3. The Morgan fingerprint density at radius 3 is 2.56 bits per heavy atom. The summed E-state index contributed by atoms with van der Waals surface area (Å²) >= 11 is 5.81. The predicted molar refractivity (Wildman–Crippen MR) is 76.6 cm³/mol. The van der Waals surface area contributed by atoms with E-state index in [9.17, 15) is 4.39 Å². The fourth-order valence-corrected chi connectivity index (χ4v) is 2.35. The molecule has 1 aromatic rings. The van der Waals surface area contributed by atoms with Gasteiger partial charge in [-0.25, -0.2) is 4.39 Å². The van der Waals surface area contributed by atoms with Crippen LogP contribution in [-0.2, 0) is 0 Å². The van der Waals surface area contributed by atoms with Gasteiger partial charge in [0.1, 0.15) is 5.82 Å². The van der Waals surface area contributed by atoms with Crippen LogP contribution < -0.4 is 5.32 Å². The quantitative estimate of drug-likeness (QED) is 0.649. The highest BCUT2D eigenvalue weighted by atomic mass is 35.5. The molecule has 1 N–H and O–H groups in total. The van der Waals surface area contributed by atoms with E-state index in [4.69, 9.17) is 11.6 Å². The summed E-state index contributed by atoms with van der Waals surface area (Å²) in [5, 5.41) is 3.48. The van der Waals surface area contributed by atoms with Crippen LogP contribution in [0.5, 0.6) is 0 Å². The first kappa shape index (κ1) is 15.5. The van der Waals surface area contributed by atoms with Crippen molar-refractivity contribution < 1.29 is 4.39 Å². The Kier molecular flexibility index (Phi) is 7.29. The maximum Gasteiger partial charge on any atom is 0.141 e. The molecule has 102 valence electrons. The van der Waals surface area contributed by atoms with Crippen LogP contribution in [0.15, 0.2) is 18.2 Å². The van der Waals surface area contributed by atoms with Crippen LogP contribution in [0, 0.1) is 5.82 Å². The molecule has 0 fully saturated rings. The fourth-order valence-electron chi connectivity index (χ4n) is 2.16. The Hall–Kier alpha value is -0.600. The number of halogens is 2. The molecular weight excluding hydrogens is 249 g/mol. The lowest BCUT2D eigenvalue weighted by Crippen LogP contribution is -2.16. The van der Waals surface area contributed by atoms with Gasteiger partial charge in [-0.3, -0.25) is 0 Å². The SMILES string of the molecule is CCCCCCCC(NC)c1ccc(F)c(Cl)c1. The highest BCUT2D eigenvalue weighted by Crippen LogP contribution is 2.24. The minimum absolute atomic E-state index is 0.207. The number of nitrogens with one attached hydrogen (secondary N) is 1. The summed E-state index contributed by atoms with van der Waals surface area (Å²) in [5.74, 6) is -0.349. The fraction of sp³-hybridized carbons (Fsp3) is 0.600. The van der Waals surface area contributed by atoms with Gasteiger partial charge < -0.3 is 5.32 Å². The van der Waals surface area contributed by atoms with Crippen LogP contribution in [0.25, 0.3) is 0 Å². The van der Waals surface area contributed by atoms with Crippen LogP contribution in [0.1, 0.15) is 57.1 Å². The third-order valence-corrected chi connectivity index (χ3v) is 3.58. The Morgan fingerprint density at radius 1 is 1.22 bits per heavy atom. The zero-order valence-corrected chi connectivity index (χ0v) is 12.1. The molecule has 0 aromatic heterocycles. The molecule has 1 nitrogen and oxygen atoms in total. The second-order valence-electron chi connectivity index (χ2n) is 4.72. The normalized spacial score (nSPS) is 12.7. The van der Waals surface area contributed by atoms with Crippen molar-refractivity contribution in [1.29, 1.82) is 0 Å². The summed E-state index contributed by atoms with van der Waals surface area (Å²) in [6.45, 7) is 2.22. The van der Waals surface area contributed by atoms with Gasteiger partial charge in [-0.2, -0.15) is 0 Å². The maximum atomic E-state index is 13.1. The molecule has 0 aliphatic heterocycles. The predicted octanol–water partition coefficient (Wildman–Crippen LogP) is 5.10. The van der Waals surface area contributed by atoms with Gasteiger partial charge in [0.05, 0.1) is 5.02 Å². The van der Waals surface area contributed by atoms with E-state index < -0.39 is 0 Å². The van der Waals surface area contributed by atoms with Gasteiger partial charge in [0.2, 0.25) is 0 Å². The minimum Gasteiger partial charge on any atom is -0.313 e. The zero-order chi connectivity index (χ0) is 13.4. The van der Waals surface area contributed by atoms with Crippen LogP contribution in [0.3, 0.4) is 0 Å². The second-order valence-corrected chi connectivity index (χ2v) is 5.12. The molecule has 1 aromatic carbocycles. The minimum atomic E-state index is -0.349. The van der Waals surface area contributed by atoms with Gasteiger partial charge >= 0.3 is 0 Å². The summed E-state index contributed by atoms with van der Waals surface area (Å²) in [7, 11) is 1.94. The van der Waals surface area contributed by atoms with Gasteiger partial charge in [-0.1, -0.05) is 56.7 Å². The average molecular weight is 272 g/mol. The van der Waals surface area contributed by atoms with Crippen molar-refractivity contribution in [3.8, 4) is 0 Å². The number of hydrogen-bond donors (Lipinski definition) is 1. The number of rotatable bonds is 8. The summed E-state index contributed by atoms with van der Waals surface area (Å²) in [6.07, 6.45) is 7.41. The molecule has 1 unspecified atom stereocenters. The molecule has 0 amide bonds. The van der Waals surface area contributed by atoms with Crippen LogP contribution in [0.4, 0.5) is 4.39 Å². The van der Waals surface area contributed by atoms with Gasteiger partial charge in [0.15, 0.2) is 0 Å². The van der Waals surface area contributed by atoms with Gasteiger partial charge in [-0.05, 0) is 31.2 Å². The molecule has 18 heavy (non-hydrogen) atoms. The Bertz CT molecular complexity index is 354. The molecule has 1 atom stereocenters. The van der Waals surface area contributed by atoms with Crippen molar-refractivity contribution in [2.45, 2.75) is 51.5 Å². The number of unbranched alkanes of at least 4 members (excludes halogenated alkanes) is 4. The van der Waals surface area contributed by atoms with E-state index in [-0.39, 0.29) is 16.9 Å². The van der Waals surface area contributed by atoms with E-state index in [1.165, 1.54) is 38.2 Å². The van der Waals surface area contributed by atoms with Crippen LogP contribution in [0.2, 0.25) is 5.02 Å². The molecule has 1 rings (SSSR count). The zero-order valence-electron chi connectivity index (χ0n) is 11.3. The van der Waals surface area contributed by atoms with E-state index >= 15 is 0 Å². The van der Waals surface area contributed by atoms with Crippen LogP contribution in [-0.4, -0.2) is 7.05 Å². The number of hydrogen-bond acceptors (Lipinski definition) is 1. The first-order valence-corrected chi connectivity index (χ1v) is 7.19. The molecular formula is C15H23ClFN. The first-order valence-electron chi connectivity index (χ1n) is 6.81. The Morgan fingerprint density at radius 2 is 1.94 bits per heavy atom. The summed E-state index contributed by atoms with van der Waals surface area (Å²) < 4.78 is 13.1. The lowest BCUT2D eigenvalue weighted by Gasteiger charge is -2.17. The molecule has 0 saturated carbocycles. The lowest BCUT2D eigenvalue weighted by atomic mass is 10.00. The van der Waals surface area contributed by atoms with E-state index in [0.717, 1.165) is 12.0 Å². The highest BCUT2D eigenvalue weighted by molar-refractivity contribution is 6.30. The third-order valence-electron chi connectivity index (χ3n) is 3.29. The lowest BCUT2D eigenvalue weighted by molar-refractivity contribution is 0.500. The molecule has 0 aliphatic carbocycles. The molecule has 3 heteroatoms. The van der Waals surface area contributed by atoms with E-state index in [0.29, 0.717) is 0 Å². The Balaban J connectivity index is 2.47. The molecule has 0 aliphatic rings. The van der Waals surface area contributed by atoms with E-state index in [2.05, 4.69) is 12.2 Å². The largest absolute Gasteiger partial charge is 0.313 e. The smallest absolute Gasteiger partial charge is 0.141 e.